The monoisotopic (exact) mass is 462 g/mol. The molecule has 3 aromatic heterocycles. The van der Waals surface area contributed by atoms with E-state index in [0.717, 1.165) is 16.7 Å². The predicted octanol–water partition coefficient (Wildman–Crippen LogP) is 3.19. The van der Waals surface area contributed by atoms with Gasteiger partial charge in [-0.1, -0.05) is 18.2 Å². The van der Waals surface area contributed by atoms with Crippen LogP contribution in [-0.2, 0) is 0 Å². The third kappa shape index (κ3) is 3.20. The number of aromatic nitrogens is 5. The SMILES string of the molecule is O=c1c2cn[nH]c2c2cnc(NC[C@H]3COc4ccccc4O3)nc2n1-c1c(F)cccc1F. The number of para-hydroxylation sites is 3. The van der Waals surface area contributed by atoms with Crippen LogP contribution in [-0.4, -0.2) is 44.0 Å². The molecule has 0 saturated heterocycles. The number of fused-ring (bicyclic) bond motifs is 4. The van der Waals surface area contributed by atoms with Crippen molar-refractivity contribution in [1.29, 1.82) is 0 Å². The van der Waals surface area contributed by atoms with Crippen molar-refractivity contribution in [2.24, 2.45) is 0 Å². The summed E-state index contributed by atoms with van der Waals surface area (Å²) in [6.07, 6.45) is 2.44. The molecular formula is C23H16F2N6O3. The van der Waals surface area contributed by atoms with Gasteiger partial charge >= 0.3 is 0 Å². The summed E-state index contributed by atoms with van der Waals surface area (Å²) in [7, 11) is 0. The molecule has 0 spiro atoms. The number of H-pyrrole nitrogens is 1. The van der Waals surface area contributed by atoms with Crippen LogP contribution in [0.25, 0.3) is 27.6 Å². The number of halogens is 2. The second kappa shape index (κ2) is 7.80. The summed E-state index contributed by atoms with van der Waals surface area (Å²) < 4.78 is 41.9. The third-order valence-corrected chi connectivity index (χ3v) is 5.54. The van der Waals surface area contributed by atoms with Crippen LogP contribution in [0.2, 0.25) is 0 Å². The molecule has 9 nitrogen and oxygen atoms in total. The first-order valence-corrected chi connectivity index (χ1v) is 10.4. The molecule has 4 heterocycles. The number of rotatable bonds is 4. The molecule has 2 N–H and O–H groups in total. The zero-order valence-corrected chi connectivity index (χ0v) is 17.5. The van der Waals surface area contributed by atoms with Crippen LogP contribution < -0.4 is 20.3 Å². The van der Waals surface area contributed by atoms with E-state index in [1.807, 2.05) is 24.3 Å². The van der Waals surface area contributed by atoms with E-state index in [2.05, 4.69) is 25.5 Å². The number of nitrogens with one attached hydrogen (secondary N) is 2. The molecule has 34 heavy (non-hydrogen) atoms. The van der Waals surface area contributed by atoms with Gasteiger partial charge in [-0.25, -0.2) is 13.8 Å². The highest BCUT2D eigenvalue weighted by Crippen LogP contribution is 2.31. The first-order valence-electron chi connectivity index (χ1n) is 10.4. The molecule has 2 aromatic carbocycles. The average molecular weight is 462 g/mol. The van der Waals surface area contributed by atoms with Crippen LogP contribution in [0.1, 0.15) is 0 Å². The normalized spacial score (nSPS) is 15.1. The summed E-state index contributed by atoms with van der Waals surface area (Å²) in [5.74, 6) is -0.346. The van der Waals surface area contributed by atoms with Crippen LogP contribution in [0.3, 0.4) is 0 Å². The molecule has 1 aliphatic heterocycles. The van der Waals surface area contributed by atoms with E-state index < -0.39 is 22.9 Å². The fourth-order valence-corrected chi connectivity index (χ4v) is 3.95. The van der Waals surface area contributed by atoms with Gasteiger partial charge in [-0.05, 0) is 24.3 Å². The molecule has 11 heteroatoms. The Hall–Kier alpha value is -4.54. The van der Waals surface area contributed by atoms with Crippen molar-refractivity contribution in [2.75, 3.05) is 18.5 Å². The summed E-state index contributed by atoms with van der Waals surface area (Å²) in [6, 6.07) is 10.7. The molecule has 0 saturated carbocycles. The second-order valence-electron chi connectivity index (χ2n) is 7.68. The molecule has 0 fully saturated rings. The van der Waals surface area contributed by atoms with E-state index in [9.17, 15) is 13.6 Å². The number of nitrogens with zero attached hydrogens (tertiary/aromatic N) is 4. The number of benzene rings is 2. The highest BCUT2D eigenvalue weighted by Gasteiger charge is 2.23. The average Bonchev–Trinajstić information content (AvgIpc) is 3.35. The maximum absolute atomic E-state index is 14.7. The second-order valence-corrected chi connectivity index (χ2v) is 7.68. The van der Waals surface area contributed by atoms with E-state index in [1.54, 1.807) is 0 Å². The van der Waals surface area contributed by atoms with E-state index in [4.69, 9.17) is 9.47 Å². The van der Waals surface area contributed by atoms with Gasteiger partial charge in [-0.2, -0.15) is 10.1 Å². The molecule has 0 bridgehead atoms. The van der Waals surface area contributed by atoms with Crippen molar-refractivity contribution in [3.05, 3.63) is 76.8 Å². The maximum Gasteiger partial charge on any atom is 0.268 e. The summed E-state index contributed by atoms with van der Waals surface area (Å²) in [5.41, 5.74) is -0.786. The zero-order chi connectivity index (χ0) is 23.2. The van der Waals surface area contributed by atoms with Gasteiger partial charge < -0.3 is 14.8 Å². The minimum atomic E-state index is -0.897. The number of hydrogen-bond acceptors (Lipinski definition) is 7. The first kappa shape index (κ1) is 20.1. The molecule has 170 valence electrons. The fourth-order valence-electron chi connectivity index (χ4n) is 3.95. The number of aromatic amines is 1. The Kier molecular flexibility index (Phi) is 4.61. The molecule has 6 rings (SSSR count). The molecule has 0 radical (unpaired) electrons. The number of hydrogen-bond donors (Lipinski definition) is 2. The number of ether oxygens (including phenoxy) is 2. The lowest BCUT2D eigenvalue weighted by Gasteiger charge is -2.26. The van der Waals surface area contributed by atoms with Gasteiger partial charge in [0.1, 0.15) is 30.0 Å². The molecule has 1 aliphatic rings. The lowest BCUT2D eigenvalue weighted by Crippen LogP contribution is -2.35. The highest BCUT2D eigenvalue weighted by atomic mass is 19.1. The molecule has 1 atom stereocenters. The Bertz CT molecular complexity index is 1600. The summed E-state index contributed by atoms with van der Waals surface area (Å²) in [5, 5.41) is 10.2. The van der Waals surface area contributed by atoms with E-state index >= 15 is 0 Å². The van der Waals surface area contributed by atoms with Gasteiger partial charge in [0.2, 0.25) is 5.95 Å². The quantitative estimate of drug-likeness (QED) is 0.422. The van der Waals surface area contributed by atoms with E-state index in [1.165, 1.54) is 18.5 Å². The molecule has 5 aromatic rings. The maximum atomic E-state index is 14.7. The van der Waals surface area contributed by atoms with Gasteiger partial charge in [0.15, 0.2) is 17.1 Å². The van der Waals surface area contributed by atoms with Crippen molar-refractivity contribution < 1.29 is 18.3 Å². The van der Waals surface area contributed by atoms with Crippen molar-refractivity contribution in [3.8, 4) is 17.2 Å². The summed E-state index contributed by atoms with van der Waals surface area (Å²) >= 11 is 0. The van der Waals surface area contributed by atoms with Gasteiger partial charge in [0.05, 0.1) is 29.0 Å². The van der Waals surface area contributed by atoms with Crippen LogP contribution in [0, 0.1) is 11.6 Å². The van der Waals surface area contributed by atoms with E-state index in [0.29, 0.717) is 35.6 Å². The molecule has 0 amide bonds. The van der Waals surface area contributed by atoms with Crippen molar-refractivity contribution in [2.45, 2.75) is 6.10 Å². The zero-order valence-electron chi connectivity index (χ0n) is 17.5. The minimum Gasteiger partial charge on any atom is -0.486 e. The van der Waals surface area contributed by atoms with Crippen molar-refractivity contribution in [3.63, 3.8) is 0 Å². The smallest absolute Gasteiger partial charge is 0.268 e. The lowest BCUT2D eigenvalue weighted by atomic mass is 10.2. The number of pyridine rings is 1. The Morgan fingerprint density at radius 2 is 1.85 bits per heavy atom. The van der Waals surface area contributed by atoms with Crippen molar-refractivity contribution >= 4 is 27.9 Å². The van der Waals surface area contributed by atoms with Gasteiger partial charge in [-0.3, -0.25) is 14.5 Å². The van der Waals surface area contributed by atoms with Gasteiger partial charge in [0.25, 0.3) is 5.56 Å². The Labute approximate surface area is 190 Å². The van der Waals surface area contributed by atoms with Crippen LogP contribution in [0.5, 0.6) is 11.5 Å². The van der Waals surface area contributed by atoms with Crippen LogP contribution >= 0.6 is 0 Å². The number of anilines is 1. The summed E-state index contributed by atoms with van der Waals surface area (Å²) in [4.78, 5) is 21.9. The van der Waals surface area contributed by atoms with Gasteiger partial charge in [-0.15, -0.1) is 0 Å². The highest BCUT2D eigenvalue weighted by molar-refractivity contribution is 6.02. The topological polar surface area (TPSA) is 107 Å². The Morgan fingerprint density at radius 1 is 1.06 bits per heavy atom. The van der Waals surface area contributed by atoms with Crippen molar-refractivity contribution in [1.82, 2.24) is 24.7 Å². The largest absolute Gasteiger partial charge is 0.486 e. The fraction of sp³-hybridized carbons (Fsp3) is 0.130. The molecular weight excluding hydrogens is 446 g/mol. The Morgan fingerprint density at radius 3 is 2.68 bits per heavy atom. The Balaban J connectivity index is 1.41. The van der Waals surface area contributed by atoms with Crippen LogP contribution in [0.15, 0.2) is 59.7 Å². The standard InChI is InChI=1S/C23H16F2N6O3/c24-15-4-3-5-16(25)20(15)31-21-13(19-14(22(31)32)10-28-30-19)9-27-23(29-21)26-8-12-11-33-17-6-1-2-7-18(17)34-12/h1-7,9-10,12H,8,11H2,(H,28,30)(H,26,27,29)/t12-/m0/s1. The molecule has 0 aliphatic carbocycles. The van der Waals surface area contributed by atoms with Crippen LogP contribution in [0.4, 0.5) is 14.7 Å². The first-order chi connectivity index (χ1) is 16.6. The minimum absolute atomic E-state index is 0.0226. The summed E-state index contributed by atoms with van der Waals surface area (Å²) in [6.45, 7) is 0.613. The van der Waals surface area contributed by atoms with E-state index in [-0.39, 0.29) is 23.1 Å². The lowest BCUT2D eigenvalue weighted by molar-refractivity contribution is 0.0996. The van der Waals surface area contributed by atoms with Gasteiger partial charge in [0, 0.05) is 6.20 Å². The third-order valence-electron chi connectivity index (χ3n) is 5.54. The molecule has 0 unspecified atom stereocenters. The predicted molar refractivity (Wildman–Crippen MR) is 120 cm³/mol.